The largest absolute Gasteiger partial charge is 0.338 e. The summed E-state index contributed by atoms with van der Waals surface area (Å²) in [5.41, 5.74) is 1.93. The van der Waals surface area contributed by atoms with E-state index in [0.29, 0.717) is 18.3 Å². The third kappa shape index (κ3) is 3.95. The standard InChI is InChI=1S/C21H20N6OS2/c1-26(12-18-23-16-6-2-3-7-17(16)30-18)19(28)13-29-21-25-24-20(27(21)15-8-9-15)14-5-4-10-22-11-14/h2-7,10-11,15H,8-9,12-13H2,1H3. The van der Waals surface area contributed by atoms with Gasteiger partial charge in [-0.1, -0.05) is 23.9 Å². The lowest BCUT2D eigenvalue weighted by Crippen LogP contribution is -2.27. The number of para-hydroxylation sites is 1. The van der Waals surface area contributed by atoms with Crippen LogP contribution >= 0.6 is 23.1 Å². The Labute approximate surface area is 182 Å². The molecule has 152 valence electrons. The van der Waals surface area contributed by atoms with Crippen LogP contribution in [0.4, 0.5) is 0 Å². The van der Waals surface area contributed by atoms with Gasteiger partial charge in [-0.15, -0.1) is 21.5 Å². The average Bonchev–Trinajstić information content (AvgIpc) is 3.38. The topological polar surface area (TPSA) is 76.8 Å². The van der Waals surface area contributed by atoms with Crippen LogP contribution in [0.3, 0.4) is 0 Å². The maximum Gasteiger partial charge on any atom is 0.233 e. The van der Waals surface area contributed by atoms with Crippen LogP contribution in [-0.2, 0) is 11.3 Å². The van der Waals surface area contributed by atoms with E-state index in [2.05, 4.69) is 30.8 Å². The SMILES string of the molecule is CN(Cc1nc2ccccc2s1)C(=O)CSc1nnc(-c2cccnc2)n1C1CC1. The number of thiazole rings is 1. The number of carbonyl (C=O) groups excluding carboxylic acids is 1. The van der Waals surface area contributed by atoms with Crippen molar-refractivity contribution in [1.82, 2.24) is 29.6 Å². The zero-order chi connectivity index (χ0) is 20.5. The molecule has 0 spiro atoms. The molecule has 1 amide bonds. The minimum absolute atomic E-state index is 0.0486. The fourth-order valence-electron chi connectivity index (χ4n) is 3.24. The van der Waals surface area contributed by atoms with Crippen molar-refractivity contribution >= 4 is 39.2 Å². The lowest BCUT2D eigenvalue weighted by Gasteiger charge is -2.15. The number of hydrogen-bond acceptors (Lipinski definition) is 7. The highest BCUT2D eigenvalue weighted by Gasteiger charge is 2.30. The lowest BCUT2D eigenvalue weighted by atomic mass is 10.3. The number of thioether (sulfide) groups is 1. The van der Waals surface area contributed by atoms with E-state index >= 15 is 0 Å². The van der Waals surface area contributed by atoms with Crippen LogP contribution in [0.25, 0.3) is 21.6 Å². The lowest BCUT2D eigenvalue weighted by molar-refractivity contribution is -0.127. The minimum atomic E-state index is 0.0486. The molecule has 1 aromatic carbocycles. The van der Waals surface area contributed by atoms with E-state index in [4.69, 9.17) is 0 Å². The number of benzene rings is 1. The second-order valence-corrected chi connectivity index (χ2v) is 9.32. The van der Waals surface area contributed by atoms with Gasteiger partial charge in [0.2, 0.25) is 5.91 Å². The highest BCUT2D eigenvalue weighted by atomic mass is 32.2. The van der Waals surface area contributed by atoms with Gasteiger partial charge < -0.3 is 4.90 Å². The summed E-state index contributed by atoms with van der Waals surface area (Å²) >= 11 is 3.07. The number of nitrogens with zero attached hydrogens (tertiary/aromatic N) is 6. The first kappa shape index (κ1) is 19.2. The molecule has 0 atom stereocenters. The third-order valence-electron chi connectivity index (χ3n) is 4.96. The summed E-state index contributed by atoms with van der Waals surface area (Å²) in [6.45, 7) is 0.509. The fourth-order valence-corrected chi connectivity index (χ4v) is 5.21. The van der Waals surface area contributed by atoms with Crippen molar-refractivity contribution in [3.63, 3.8) is 0 Å². The Balaban J connectivity index is 1.26. The number of amides is 1. The minimum Gasteiger partial charge on any atom is -0.338 e. The molecule has 5 rings (SSSR count). The second kappa shape index (κ2) is 8.16. The predicted octanol–water partition coefficient (Wildman–Crippen LogP) is 4.04. The Morgan fingerprint density at radius 3 is 2.87 bits per heavy atom. The summed E-state index contributed by atoms with van der Waals surface area (Å²) in [6, 6.07) is 12.3. The van der Waals surface area contributed by atoms with Crippen molar-refractivity contribution in [2.24, 2.45) is 0 Å². The first-order valence-corrected chi connectivity index (χ1v) is 11.6. The van der Waals surface area contributed by atoms with Gasteiger partial charge in [-0.2, -0.15) is 0 Å². The number of hydrogen-bond donors (Lipinski definition) is 0. The normalized spacial score (nSPS) is 13.6. The molecule has 0 bridgehead atoms. The van der Waals surface area contributed by atoms with Crippen LogP contribution in [0.2, 0.25) is 0 Å². The van der Waals surface area contributed by atoms with E-state index in [9.17, 15) is 4.79 Å². The molecular weight excluding hydrogens is 416 g/mol. The molecule has 1 aliphatic carbocycles. The maximum absolute atomic E-state index is 12.7. The summed E-state index contributed by atoms with van der Waals surface area (Å²) in [4.78, 5) is 23.3. The predicted molar refractivity (Wildman–Crippen MR) is 118 cm³/mol. The molecule has 3 heterocycles. The third-order valence-corrected chi connectivity index (χ3v) is 6.91. The van der Waals surface area contributed by atoms with Crippen molar-refractivity contribution in [3.8, 4) is 11.4 Å². The van der Waals surface area contributed by atoms with Gasteiger partial charge in [0, 0.05) is 31.0 Å². The van der Waals surface area contributed by atoms with Crippen molar-refractivity contribution in [2.75, 3.05) is 12.8 Å². The molecule has 0 aliphatic heterocycles. The Morgan fingerprint density at radius 2 is 2.10 bits per heavy atom. The van der Waals surface area contributed by atoms with E-state index < -0.39 is 0 Å². The van der Waals surface area contributed by atoms with Crippen molar-refractivity contribution < 1.29 is 4.79 Å². The van der Waals surface area contributed by atoms with Crippen LogP contribution in [0, 0.1) is 0 Å². The molecule has 9 heteroatoms. The molecule has 1 aliphatic rings. The van der Waals surface area contributed by atoms with Gasteiger partial charge in [-0.05, 0) is 37.1 Å². The van der Waals surface area contributed by atoms with E-state index in [1.165, 1.54) is 11.8 Å². The summed E-state index contributed by atoms with van der Waals surface area (Å²) in [5.74, 6) is 1.19. The van der Waals surface area contributed by atoms with Crippen LogP contribution in [0.1, 0.15) is 23.9 Å². The molecule has 0 radical (unpaired) electrons. The van der Waals surface area contributed by atoms with Gasteiger partial charge in [-0.3, -0.25) is 14.3 Å². The Hall–Kier alpha value is -2.78. The first-order valence-electron chi connectivity index (χ1n) is 9.75. The van der Waals surface area contributed by atoms with Gasteiger partial charge >= 0.3 is 0 Å². The van der Waals surface area contributed by atoms with Crippen LogP contribution in [0.15, 0.2) is 53.9 Å². The van der Waals surface area contributed by atoms with Gasteiger partial charge in [0.05, 0.1) is 22.5 Å². The van der Waals surface area contributed by atoms with Crippen molar-refractivity contribution in [1.29, 1.82) is 0 Å². The van der Waals surface area contributed by atoms with E-state index in [1.54, 1.807) is 28.6 Å². The zero-order valence-corrected chi connectivity index (χ0v) is 18.1. The fraction of sp³-hybridized carbons (Fsp3) is 0.286. The van der Waals surface area contributed by atoms with E-state index in [1.807, 2.05) is 37.4 Å². The summed E-state index contributed by atoms with van der Waals surface area (Å²) in [5, 5.41) is 10.5. The molecule has 3 aromatic heterocycles. The summed E-state index contributed by atoms with van der Waals surface area (Å²) in [6.07, 6.45) is 5.78. The summed E-state index contributed by atoms with van der Waals surface area (Å²) in [7, 11) is 1.82. The molecule has 0 saturated heterocycles. The highest BCUT2D eigenvalue weighted by Crippen LogP contribution is 2.41. The van der Waals surface area contributed by atoms with Crippen LogP contribution in [0.5, 0.6) is 0 Å². The maximum atomic E-state index is 12.7. The molecule has 4 aromatic rings. The molecular formula is C21H20N6OS2. The molecule has 0 N–H and O–H groups in total. The van der Waals surface area contributed by atoms with Crippen LogP contribution in [-0.4, -0.2) is 48.3 Å². The number of carbonyl (C=O) groups is 1. The Morgan fingerprint density at radius 1 is 1.23 bits per heavy atom. The molecule has 1 fully saturated rings. The Bertz CT molecular complexity index is 1150. The van der Waals surface area contributed by atoms with Gasteiger partial charge in [-0.25, -0.2) is 4.98 Å². The molecule has 7 nitrogen and oxygen atoms in total. The highest BCUT2D eigenvalue weighted by molar-refractivity contribution is 7.99. The molecule has 30 heavy (non-hydrogen) atoms. The number of rotatable bonds is 7. The smallest absolute Gasteiger partial charge is 0.233 e. The number of pyridine rings is 1. The Kier molecular flexibility index (Phi) is 5.22. The zero-order valence-electron chi connectivity index (χ0n) is 16.4. The van der Waals surface area contributed by atoms with E-state index in [-0.39, 0.29) is 5.91 Å². The molecule has 1 saturated carbocycles. The van der Waals surface area contributed by atoms with E-state index in [0.717, 1.165) is 44.6 Å². The van der Waals surface area contributed by atoms with Crippen molar-refractivity contribution in [2.45, 2.75) is 30.6 Å². The average molecular weight is 437 g/mol. The first-order chi connectivity index (χ1) is 14.7. The van der Waals surface area contributed by atoms with Gasteiger partial charge in [0.1, 0.15) is 5.01 Å². The quantitative estimate of drug-likeness (QED) is 0.407. The molecule has 0 unspecified atom stereocenters. The second-order valence-electron chi connectivity index (χ2n) is 7.26. The van der Waals surface area contributed by atoms with Crippen LogP contribution < -0.4 is 0 Å². The number of fused-ring (bicyclic) bond motifs is 1. The number of aromatic nitrogens is 5. The van der Waals surface area contributed by atoms with Gasteiger partial charge in [0.25, 0.3) is 0 Å². The van der Waals surface area contributed by atoms with Crippen molar-refractivity contribution in [3.05, 3.63) is 53.8 Å². The van der Waals surface area contributed by atoms with Gasteiger partial charge in [0.15, 0.2) is 11.0 Å². The monoisotopic (exact) mass is 436 g/mol. The summed E-state index contributed by atoms with van der Waals surface area (Å²) < 4.78 is 3.30.